The van der Waals surface area contributed by atoms with Crippen LogP contribution in [-0.4, -0.2) is 30.8 Å². The third-order valence-electron chi connectivity index (χ3n) is 1.76. The van der Waals surface area contributed by atoms with Crippen LogP contribution >= 0.6 is 0 Å². The van der Waals surface area contributed by atoms with Gasteiger partial charge < -0.3 is 10.8 Å². The van der Waals surface area contributed by atoms with Crippen LogP contribution in [0.5, 0.6) is 0 Å². The topological polar surface area (TPSA) is 107 Å². The number of carboxylic acids is 1. The number of carboxylic acid groups (broad SMARTS) is 1. The van der Waals surface area contributed by atoms with Crippen LogP contribution < -0.4 is 5.73 Å². The predicted octanol–water partition coefficient (Wildman–Crippen LogP) is -0.0573. The van der Waals surface area contributed by atoms with E-state index >= 15 is 0 Å². The lowest BCUT2D eigenvalue weighted by molar-refractivity contribution is 0.0690. The number of nitrogens with two attached hydrogens (primary N) is 1. The van der Waals surface area contributed by atoms with Gasteiger partial charge in [-0.2, -0.15) is 5.10 Å². The van der Waals surface area contributed by atoms with Crippen molar-refractivity contribution in [1.82, 2.24) is 19.7 Å². The summed E-state index contributed by atoms with van der Waals surface area (Å²) in [6.07, 6.45) is 2.71. The highest BCUT2D eigenvalue weighted by Gasteiger charge is 2.10. The summed E-state index contributed by atoms with van der Waals surface area (Å²) in [5.74, 6) is -0.858. The molecule has 15 heavy (non-hydrogen) atoms. The molecule has 2 rings (SSSR count). The van der Waals surface area contributed by atoms with E-state index < -0.39 is 5.97 Å². The standard InChI is InChI=1S/C8H7N5O2/c9-5-1-2-6(8(14)15)12-7(5)13-4-10-3-11-13/h1-4H,9H2,(H,14,15). The fourth-order valence-corrected chi connectivity index (χ4v) is 1.08. The highest BCUT2D eigenvalue weighted by atomic mass is 16.4. The third kappa shape index (κ3) is 1.62. The van der Waals surface area contributed by atoms with Gasteiger partial charge in [0.1, 0.15) is 12.7 Å². The Hall–Kier alpha value is -2.44. The first-order valence-corrected chi connectivity index (χ1v) is 4.03. The molecule has 0 saturated carbocycles. The van der Waals surface area contributed by atoms with Crippen molar-refractivity contribution >= 4 is 11.7 Å². The van der Waals surface area contributed by atoms with E-state index in [9.17, 15) is 4.79 Å². The number of aromatic carboxylic acids is 1. The molecule has 0 unspecified atom stereocenters. The zero-order chi connectivity index (χ0) is 10.8. The molecule has 3 N–H and O–H groups in total. The second kappa shape index (κ2) is 3.37. The SMILES string of the molecule is Nc1ccc(C(=O)O)nc1-n1cncn1. The summed E-state index contributed by atoms with van der Waals surface area (Å²) in [5.41, 5.74) is 5.89. The summed E-state index contributed by atoms with van der Waals surface area (Å²) < 4.78 is 1.31. The maximum atomic E-state index is 10.7. The largest absolute Gasteiger partial charge is 0.477 e. The molecule has 0 spiro atoms. The van der Waals surface area contributed by atoms with E-state index in [1.807, 2.05) is 0 Å². The minimum absolute atomic E-state index is 0.0882. The van der Waals surface area contributed by atoms with E-state index in [0.29, 0.717) is 5.69 Å². The van der Waals surface area contributed by atoms with Crippen molar-refractivity contribution in [2.45, 2.75) is 0 Å². The fourth-order valence-electron chi connectivity index (χ4n) is 1.08. The summed E-state index contributed by atoms with van der Waals surface area (Å²) in [4.78, 5) is 18.3. The first-order valence-electron chi connectivity index (χ1n) is 4.03. The minimum Gasteiger partial charge on any atom is -0.477 e. The molecule has 7 heteroatoms. The van der Waals surface area contributed by atoms with Gasteiger partial charge in [-0.15, -0.1) is 0 Å². The van der Waals surface area contributed by atoms with Crippen LogP contribution in [0.3, 0.4) is 0 Å². The van der Waals surface area contributed by atoms with Gasteiger partial charge in [0.25, 0.3) is 0 Å². The second-order valence-electron chi connectivity index (χ2n) is 2.75. The molecule has 0 radical (unpaired) electrons. The van der Waals surface area contributed by atoms with E-state index in [2.05, 4.69) is 15.1 Å². The van der Waals surface area contributed by atoms with E-state index in [0.717, 1.165) is 0 Å². The molecule has 0 fully saturated rings. The summed E-state index contributed by atoms with van der Waals surface area (Å²) in [5, 5.41) is 12.6. The molecule has 0 bridgehead atoms. The molecule has 76 valence electrons. The molecule has 2 aromatic heterocycles. The fraction of sp³-hybridized carbons (Fsp3) is 0. The Labute approximate surface area is 84.2 Å². The Balaban J connectivity index is 2.55. The molecule has 0 saturated heterocycles. The second-order valence-corrected chi connectivity index (χ2v) is 2.75. The Morgan fingerprint density at radius 2 is 2.27 bits per heavy atom. The summed E-state index contributed by atoms with van der Waals surface area (Å²) in [7, 11) is 0. The van der Waals surface area contributed by atoms with Gasteiger partial charge in [-0.1, -0.05) is 0 Å². The molecular weight excluding hydrogens is 198 g/mol. The average molecular weight is 205 g/mol. The van der Waals surface area contributed by atoms with Crippen molar-refractivity contribution in [3.63, 3.8) is 0 Å². The third-order valence-corrected chi connectivity index (χ3v) is 1.76. The van der Waals surface area contributed by atoms with Crippen molar-refractivity contribution in [2.75, 3.05) is 5.73 Å². The molecular formula is C8H7N5O2. The molecule has 0 atom stereocenters. The Kier molecular flexibility index (Phi) is 2.05. The van der Waals surface area contributed by atoms with Gasteiger partial charge in [0.15, 0.2) is 11.5 Å². The van der Waals surface area contributed by atoms with Crippen LogP contribution in [0.1, 0.15) is 10.5 Å². The van der Waals surface area contributed by atoms with Crippen molar-refractivity contribution in [1.29, 1.82) is 0 Å². The van der Waals surface area contributed by atoms with Crippen LogP contribution in [0.4, 0.5) is 5.69 Å². The first-order chi connectivity index (χ1) is 7.18. The number of nitrogens with zero attached hydrogens (tertiary/aromatic N) is 4. The average Bonchev–Trinajstić information content (AvgIpc) is 2.71. The zero-order valence-electron chi connectivity index (χ0n) is 7.53. The van der Waals surface area contributed by atoms with Crippen LogP contribution in [0.2, 0.25) is 0 Å². The van der Waals surface area contributed by atoms with Crippen LogP contribution in [0.25, 0.3) is 5.82 Å². The lowest BCUT2D eigenvalue weighted by Gasteiger charge is -2.04. The predicted molar refractivity (Wildman–Crippen MR) is 50.5 cm³/mol. The quantitative estimate of drug-likeness (QED) is 0.711. The zero-order valence-corrected chi connectivity index (χ0v) is 7.53. The number of pyridine rings is 1. The number of hydrogen-bond donors (Lipinski definition) is 2. The minimum atomic E-state index is -1.11. The molecule has 0 aliphatic heterocycles. The number of hydrogen-bond acceptors (Lipinski definition) is 5. The van der Waals surface area contributed by atoms with Crippen molar-refractivity contribution in [3.05, 3.63) is 30.5 Å². The van der Waals surface area contributed by atoms with Crippen LogP contribution in [0, 0.1) is 0 Å². The van der Waals surface area contributed by atoms with E-state index in [1.54, 1.807) is 0 Å². The summed E-state index contributed by atoms with van der Waals surface area (Å²) in [6.45, 7) is 0. The normalized spacial score (nSPS) is 10.1. The maximum Gasteiger partial charge on any atom is 0.354 e. The van der Waals surface area contributed by atoms with Gasteiger partial charge >= 0.3 is 5.97 Å². The number of carbonyl (C=O) groups is 1. The highest BCUT2D eigenvalue weighted by molar-refractivity contribution is 5.86. The highest BCUT2D eigenvalue weighted by Crippen LogP contribution is 2.13. The molecule has 0 aliphatic carbocycles. The maximum absolute atomic E-state index is 10.7. The van der Waals surface area contributed by atoms with E-state index in [4.69, 9.17) is 10.8 Å². The lowest BCUT2D eigenvalue weighted by Crippen LogP contribution is -2.08. The Bertz CT molecular complexity index is 494. The number of nitrogen functional groups attached to an aromatic ring is 1. The molecule has 0 aliphatic rings. The van der Waals surface area contributed by atoms with Gasteiger partial charge in [-0.05, 0) is 12.1 Å². The molecule has 2 heterocycles. The van der Waals surface area contributed by atoms with Gasteiger partial charge in [-0.3, -0.25) is 0 Å². The van der Waals surface area contributed by atoms with Gasteiger partial charge in [0.05, 0.1) is 5.69 Å². The van der Waals surface area contributed by atoms with Gasteiger partial charge in [-0.25, -0.2) is 19.4 Å². The van der Waals surface area contributed by atoms with Gasteiger partial charge in [0, 0.05) is 0 Å². The molecule has 7 nitrogen and oxygen atoms in total. The Morgan fingerprint density at radius 3 is 2.87 bits per heavy atom. The van der Waals surface area contributed by atoms with Gasteiger partial charge in [0.2, 0.25) is 0 Å². The number of rotatable bonds is 2. The summed E-state index contributed by atoms with van der Waals surface area (Å²) in [6, 6.07) is 2.80. The van der Waals surface area contributed by atoms with Crippen LogP contribution in [-0.2, 0) is 0 Å². The van der Waals surface area contributed by atoms with Crippen molar-refractivity contribution in [3.8, 4) is 5.82 Å². The number of aromatic nitrogens is 4. The first kappa shape index (κ1) is 9.13. The van der Waals surface area contributed by atoms with Crippen molar-refractivity contribution in [2.24, 2.45) is 0 Å². The lowest BCUT2D eigenvalue weighted by atomic mass is 10.3. The monoisotopic (exact) mass is 205 g/mol. The van der Waals surface area contributed by atoms with Crippen LogP contribution in [0.15, 0.2) is 24.8 Å². The molecule has 2 aromatic rings. The van der Waals surface area contributed by atoms with Crippen molar-refractivity contribution < 1.29 is 9.90 Å². The Morgan fingerprint density at radius 1 is 1.47 bits per heavy atom. The van der Waals surface area contributed by atoms with E-state index in [1.165, 1.54) is 29.5 Å². The van der Waals surface area contributed by atoms with E-state index in [-0.39, 0.29) is 11.5 Å². The summed E-state index contributed by atoms with van der Waals surface area (Å²) >= 11 is 0. The number of anilines is 1. The molecule has 0 aromatic carbocycles. The molecule has 0 amide bonds. The smallest absolute Gasteiger partial charge is 0.354 e.